The Balaban J connectivity index is 1.68. The lowest BCUT2D eigenvalue weighted by Gasteiger charge is -2.24. The van der Waals surface area contributed by atoms with Gasteiger partial charge in [0.25, 0.3) is 0 Å². The minimum Gasteiger partial charge on any atom is -0.375 e. The summed E-state index contributed by atoms with van der Waals surface area (Å²) in [5.41, 5.74) is 9.17. The zero-order valence-corrected chi connectivity index (χ0v) is 16.3. The average molecular weight is 404 g/mol. The van der Waals surface area contributed by atoms with Gasteiger partial charge in [-0.3, -0.25) is 10.3 Å². The van der Waals surface area contributed by atoms with Crippen molar-refractivity contribution in [3.05, 3.63) is 65.2 Å². The molecular weight excluding hydrogens is 380 g/mol. The highest BCUT2D eigenvalue weighted by atomic mass is 32.1. The van der Waals surface area contributed by atoms with Crippen LogP contribution in [0.15, 0.2) is 47.6 Å². The molecule has 1 aliphatic heterocycles. The Labute approximate surface area is 168 Å². The number of hydrazone groups is 1. The summed E-state index contributed by atoms with van der Waals surface area (Å²) in [6.45, 7) is 3.65. The van der Waals surface area contributed by atoms with Crippen LogP contribution in [0.4, 0.5) is 14.5 Å². The molecule has 3 N–H and O–H groups in total. The van der Waals surface area contributed by atoms with Crippen molar-refractivity contribution >= 4 is 29.2 Å². The summed E-state index contributed by atoms with van der Waals surface area (Å²) in [6.07, 6.45) is 2.12. The van der Waals surface area contributed by atoms with E-state index in [0.717, 1.165) is 26.1 Å². The summed E-state index contributed by atoms with van der Waals surface area (Å²) >= 11 is 4.63. The van der Waals surface area contributed by atoms with Crippen molar-refractivity contribution in [1.82, 2.24) is 10.3 Å². The first-order chi connectivity index (χ1) is 13.5. The molecule has 1 heterocycles. The van der Waals surface area contributed by atoms with E-state index in [0.29, 0.717) is 18.7 Å². The second-order valence-electron chi connectivity index (χ2n) is 6.67. The molecule has 0 bridgehead atoms. The first-order valence-corrected chi connectivity index (χ1v) is 9.52. The minimum absolute atomic E-state index is 0.0148. The molecule has 1 saturated heterocycles. The van der Waals surface area contributed by atoms with E-state index in [4.69, 9.17) is 5.73 Å². The summed E-state index contributed by atoms with van der Waals surface area (Å²) in [5.74, 6) is -1.21. The fourth-order valence-electron chi connectivity index (χ4n) is 3.33. The molecule has 8 heteroatoms. The number of benzene rings is 2. The molecule has 0 aliphatic carbocycles. The van der Waals surface area contributed by atoms with E-state index in [9.17, 15) is 8.78 Å². The molecule has 0 aromatic heterocycles. The predicted octanol–water partition coefficient (Wildman–Crippen LogP) is 2.84. The van der Waals surface area contributed by atoms with Crippen LogP contribution in [-0.4, -0.2) is 42.4 Å². The first-order valence-electron chi connectivity index (χ1n) is 9.11. The Morgan fingerprint density at radius 2 is 1.82 bits per heavy atom. The molecule has 148 valence electrons. The molecule has 0 unspecified atom stereocenters. The quantitative estimate of drug-likeness (QED) is 0.457. The molecule has 0 saturated carbocycles. The third-order valence-corrected chi connectivity index (χ3v) is 4.67. The van der Waals surface area contributed by atoms with Crippen molar-refractivity contribution in [2.75, 3.05) is 31.1 Å². The van der Waals surface area contributed by atoms with Gasteiger partial charge in [0.2, 0.25) is 0 Å². The third kappa shape index (κ3) is 5.46. The van der Waals surface area contributed by atoms with Gasteiger partial charge in [0.05, 0.1) is 6.21 Å². The molecule has 5 nitrogen and oxygen atoms in total. The lowest BCUT2D eigenvalue weighted by Crippen LogP contribution is -2.31. The van der Waals surface area contributed by atoms with Crippen molar-refractivity contribution in [2.45, 2.75) is 13.0 Å². The monoisotopic (exact) mass is 403 g/mol. The molecule has 0 atom stereocenters. The van der Waals surface area contributed by atoms with Crippen LogP contribution in [0.2, 0.25) is 0 Å². The van der Waals surface area contributed by atoms with E-state index in [2.05, 4.69) is 39.8 Å². The highest BCUT2D eigenvalue weighted by Gasteiger charge is 2.21. The number of nitrogens with two attached hydrogens (primary N) is 1. The zero-order chi connectivity index (χ0) is 19.9. The summed E-state index contributed by atoms with van der Waals surface area (Å²) in [4.78, 5) is 4.09. The highest BCUT2D eigenvalue weighted by molar-refractivity contribution is 7.80. The summed E-state index contributed by atoms with van der Waals surface area (Å²) in [6, 6.07) is 12.7. The van der Waals surface area contributed by atoms with Crippen LogP contribution < -0.4 is 16.1 Å². The Kier molecular flexibility index (Phi) is 6.89. The standard InChI is InChI=1S/C20H23F2N5S/c21-17-11-16(13-24-25-20(23)28)12-18(22)19(17)27-8-4-7-26(9-10-27)14-15-5-2-1-3-6-15/h1-3,5-6,11-13H,4,7-10,14H2,(H3,23,25,28). The van der Waals surface area contributed by atoms with Gasteiger partial charge in [-0.25, -0.2) is 8.78 Å². The van der Waals surface area contributed by atoms with E-state index in [1.54, 1.807) is 4.90 Å². The Morgan fingerprint density at radius 1 is 1.11 bits per heavy atom. The van der Waals surface area contributed by atoms with E-state index in [1.165, 1.54) is 23.9 Å². The maximum absolute atomic E-state index is 14.6. The Hall–Kier alpha value is -2.58. The van der Waals surface area contributed by atoms with E-state index < -0.39 is 11.6 Å². The van der Waals surface area contributed by atoms with Crippen LogP contribution >= 0.6 is 12.2 Å². The van der Waals surface area contributed by atoms with Gasteiger partial charge in [-0.05, 0) is 36.3 Å². The molecule has 1 aliphatic rings. The molecule has 2 aromatic carbocycles. The second kappa shape index (κ2) is 9.57. The maximum atomic E-state index is 14.6. The van der Waals surface area contributed by atoms with Gasteiger partial charge < -0.3 is 10.6 Å². The molecule has 2 aromatic rings. The number of rotatable bonds is 5. The number of thiocarbonyl (C=S) groups is 1. The van der Waals surface area contributed by atoms with Crippen LogP contribution in [0.1, 0.15) is 17.5 Å². The Morgan fingerprint density at radius 3 is 2.50 bits per heavy atom. The van der Waals surface area contributed by atoms with Crippen molar-refractivity contribution < 1.29 is 8.78 Å². The molecule has 0 radical (unpaired) electrons. The topological polar surface area (TPSA) is 56.9 Å². The maximum Gasteiger partial charge on any atom is 0.184 e. The molecule has 1 fully saturated rings. The van der Waals surface area contributed by atoms with Gasteiger partial charge in [-0.2, -0.15) is 5.10 Å². The molecule has 3 rings (SSSR count). The summed E-state index contributed by atoms with van der Waals surface area (Å²) in [5, 5.41) is 3.72. The number of anilines is 1. The molecule has 0 amide bonds. The fourth-order valence-corrected chi connectivity index (χ4v) is 3.38. The summed E-state index contributed by atoms with van der Waals surface area (Å²) < 4.78 is 29.3. The zero-order valence-electron chi connectivity index (χ0n) is 15.4. The molecule has 0 spiro atoms. The van der Waals surface area contributed by atoms with Crippen molar-refractivity contribution in [1.29, 1.82) is 0 Å². The van der Waals surface area contributed by atoms with Gasteiger partial charge in [0.15, 0.2) is 5.11 Å². The van der Waals surface area contributed by atoms with Crippen LogP contribution in [-0.2, 0) is 6.54 Å². The average Bonchev–Trinajstić information content (AvgIpc) is 2.87. The molecular formula is C20H23F2N5S. The molecule has 28 heavy (non-hydrogen) atoms. The van der Waals surface area contributed by atoms with E-state index >= 15 is 0 Å². The van der Waals surface area contributed by atoms with Gasteiger partial charge >= 0.3 is 0 Å². The number of hydrogen-bond donors (Lipinski definition) is 2. The largest absolute Gasteiger partial charge is 0.375 e. The highest BCUT2D eigenvalue weighted by Crippen LogP contribution is 2.26. The number of halogens is 2. The van der Waals surface area contributed by atoms with Gasteiger partial charge in [0.1, 0.15) is 17.3 Å². The van der Waals surface area contributed by atoms with E-state index in [-0.39, 0.29) is 10.8 Å². The van der Waals surface area contributed by atoms with Crippen LogP contribution in [0.25, 0.3) is 0 Å². The second-order valence-corrected chi connectivity index (χ2v) is 7.11. The third-order valence-electron chi connectivity index (χ3n) is 4.58. The van der Waals surface area contributed by atoms with Crippen molar-refractivity contribution in [2.24, 2.45) is 10.8 Å². The Bertz CT molecular complexity index is 821. The first kappa shape index (κ1) is 20.2. The van der Waals surface area contributed by atoms with Gasteiger partial charge in [-0.15, -0.1) is 0 Å². The number of hydrogen-bond acceptors (Lipinski definition) is 4. The van der Waals surface area contributed by atoms with Crippen molar-refractivity contribution in [3.8, 4) is 0 Å². The minimum atomic E-state index is -0.603. The SMILES string of the molecule is NC(=S)NN=Cc1cc(F)c(N2CCCN(Cc3ccccc3)CC2)c(F)c1. The smallest absolute Gasteiger partial charge is 0.184 e. The predicted molar refractivity (Wildman–Crippen MR) is 112 cm³/mol. The van der Waals surface area contributed by atoms with Crippen molar-refractivity contribution in [3.63, 3.8) is 0 Å². The van der Waals surface area contributed by atoms with Crippen LogP contribution in [0, 0.1) is 11.6 Å². The summed E-state index contributed by atoms with van der Waals surface area (Å²) in [7, 11) is 0. The van der Waals surface area contributed by atoms with E-state index in [1.807, 2.05) is 18.2 Å². The van der Waals surface area contributed by atoms with Gasteiger partial charge in [0, 0.05) is 38.3 Å². The van der Waals surface area contributed by atoms with Gasteiger partial charge in [-0.1, -0.05) is 30.3 Å². The number of nitrogens with zero attached hydrogens (tertiary/aromatic N) is 3. The lowest BCUT2D eigenvalue weighted by atomic mass is 10.1. The normalized spacial score (nSPS) is 15.6. The van der Waals surface area contributed by atoms with Crippen LogP contribution in [0.5, 0.6) is 0 Å². The van der Waals surface area contributed by atoms with Crippen LogP contribution in [0.3, 0.4) is 0 Å². The fraction of sp³-hybridized carbons (Fsp3) is 0.300. The lowest BCUT2D eigenvalue weighted by molar-refractivity contribution is 0.285. The number of nitrogens with one attached hydrogen (secondary N) is 1.